The zero-order chi connectivity index (χ0) is 45.5. The third-order valence-electron chi connectivity index (χ3n) is 10.3. The van der Waals surface area contributed by atoms with Crippen LogP contribution in [-0.4, -0.2) is 96.0 Å². The van der Waals surface area contributed by atoms with Crippen LogP contribution in [-0.2, 0) is 38.7 Å². The van der Waals surface area contributed by atoms with Crippen molar-refractivity contribution in [3.63, 3.8) is 0 Å². The number of unbranched alkanes of at least 4 members (excludes halogenated alkanes) is 14. The van der Waals surface area contributed by atoms with E-state index >= 15 is 0 Å². The summed E-state index contributed by atoms with van der Waals surface area (Å²) in [4.78, 5) is 25.4. The van der Waals surface area contributed by atoms with Gasteiger partial charge in [0.25, 0.3) is 10.1 Å². The van der Waals surface area contributed by atoms with E-state index in [1.54, 1.807) is 0 Å². The first-order valence-corrected chi connectivity index (χ1v) is 25.1. The molecule has 0 saturated carbocycles. The molecule has 0 amide bonds. The molecule has 0 spiro atoms. The van der Waals surface area contributed by atoms with Crippen molar-refractivity contribution >= 4 is 22.1 Å². The van der Waals surface area contributed by atoms with Crippen molar-refractivity contribution in [3.8, 4) is 0 Å². The van der Waals surface area contributed by atoms with Gasteiger partial charge in [-0.05, 0) is 77.0 Å². The number of hydrogen-bond acceptors (Lipinski definition) is 11. The fraction of sp³-hybridized carbons (Fsp3) is 0.714. The summed E-state index contributed by atoms with van der Waals surface area (Å²) in [5, 5.41) is 30.9. The fourth-order valence-electron chi connectivity index (χ4n) is 6.59. The summed E-state index contributed by atoms with van der Waals surface area (Å²) in [6, 6.07) is 0. The number of aliphatic hydroxyl groups excluding tert-OH is 3. The van der Waals surface area contributed by atoms with E-state index in [1.807, 2.05) is 12.2 Å². The summed E-state index contributed by atoms with van der Waals surface area (Å²) in [7, 11) is -4.62. The van der Waals surface area contributed by atoms with Crippen molar-refractivity contribution in [1.82, 2.24) is 0 Å². The van der Waals surface area contributed by atoms with Gasteiger partial charge in [-0.2, -0.15) is 8.42 Å². The SMILES string of the molecule is CCCCC/C=C/C/C=C/C/C=C/C/C=C/C/C=C/CCC(=O)OC[C@H](CO[C@H]1O[C@H](CS(=O)(=O)O)[C@@H](O)C(O)C1O)OC(=O)CCCC/C=C/CCCCCCCCCCC. The lowest BCUT2D eigenvalue weighted by atomic mass is 10.00. The average Bonchev–Trinajstić information content (AvgIpc) is 3.24. The second-order valence-electron chi connectivity index (χ2n) is 16.1. The van der Waals surface area contributed by atoms with Gasteiger partial charge in [0, 0.05) is 12.8 Å². The number of allylic oxidation sites excluding steroid dienone is 12. The fourth-order valence-corrected chi connectivity index (χ4v) is 7.28. The van der Waals surface area contributed by atoms with Gasteiger partial charge in [0.05, 0.1) is 6.61 Å². The first-order chi connectivity index (χ1) is 30.0. The lowest BCUT2D eigenvalue weighted by Gasteiger charge is -2.40. The van der Waals surface area contributed by atoms with Gasteiger partial charge in [0.15, 0.2) is 12.4 Å². The van der Waals surface area contributed by atoms with Gasteiger partial charge in [0.2, 0.25) is 0 Å². The van der Waals surface area contributed by atoms with Crippen LogP contribution in [0.5, 0.6) is 0 Å². The average molecular weight is 895 g/mol. The van der Waals surface area contributed by atoms with Crippen LogP contribution in [0, 0.1) is 0 Å². The topological polar surface area (TPSA) is 186 Å². The van der Waals surface area contributed by atoms with Crippen molar-refractivity contribution in [2.75, 3.05) is 19.0 Å². The highest BCUT2D eigenvalue weighted by molar-refractivity contribution is 7.85. The molecule has 4 N–H and O–H groups in total. The van der Waals surface area contributed by atoms with Crippen LogP contribution in [0.15, 0.2) is 72.9 Å². The highest BCUT2D eigenvalue weighted by Crippen LogP contribution is 2.24. The zero-order valence-electron chi connectivity index (χ0n) is 37.9. The molecule has 1 heterocycles. The van der Waals surface area contributed by atoms with Gasteiger partial charge in [-0.15, -0.1) is 0 Å². The predicted molar refractivity (Wildman–Crippen MR) is 247 cm³/mol. The largest absolute Gasteiger partial charge is 0.462 e. The number of hydrogen-bond donors (Lipinski definition) is 4. The van der Waals surface area contributed by atoms with Crippen molar-refractivity contribution in [1.29, 1.82) is 0 Å². The second-order valence-corrected chi connectivity index (χ2v) is 17.6. The Morgan fingerprint density at radius 2 is 1.00 bits per heavy atom. The van der Waals surface area contributed by atoms with E-state index in [0.717, 1.165) is 51.4 Å². The molecule has 1 fully saturated rings. The van der Waals surface area contributed by atoms with Crippen LogP contribution < -0.4 is 0 Å². The maximum absolute atomic E-state index is 12.8. The van der Waals surface area contributed by atoms with Crippen LogP contribution in [0.2, 0.25) is 0 Å². The molecular formula is C49H82O12S. The number of carbonyl (C=O) groups excluding carboxylic acids is 2. The molecule has 1 aliphatic rings. The molecule has 13 heteroatoms. The Morgan fingerprint density at radius 1 is 0.548 bits per heavy atom. The Hall–Kier alpha value is -2.91. The maximum atomic E-state index is 12.8. The Kier molecular flexibility index (Phi) is 35.5. The summed E-state index contributed by atoms with van der Waals surface area (Å²) >= 11 is 0. The van der Waals surface area contributed by atoms with E-state index in [4.69, 9.17) is 18.9 Å². The number of rotatable bonds is 38. The number of carbonyl (C=O) groups is 2. The molecule has 12 nitrogen and oxygen atoms in total. The van der Waals surface area contributed by atoms with Crippen LogP contribution in [0.3, 0.4) is 0 Å². The Bertz CT molecular complexity index is 1420. The lowest BCUT2D eigenvalue weighted by Crippen LogP contribution is -2.60. The van der Waals surface area contributed by atoms with E-state index in [2.05, 4.69) is 74.6 Å². The van der Waals surface area contributed by atoms with Crippen molar-refractivity contribution in [2.45, 2.75) is 205 Å². The second kappa shape index (κ2) is 38.5. The van der Waals surface area contributed by atoms with Gasteiger partial charge in [-0.1, -0.05) is 151 Å². The predicted octanol–water partition coefficient (Wildman–Crippen LogP) is 9.89. The smallest absolute Gasteiger partial charge is 0.306 e. The first kappa shape index (κ1) is 57.1. The van der Waals surface area contributed by atoms with Crippen molar-refractivity contribution < 1.29 is 56.8 Å². The molecule has 1 rings (SSSR count). The summed E-state index contributed by atoms with van der Waals surface area (Å²) < 4.78 is 54.0. The van der Waals surface area contributed by atoms with E-state index in [0.29, 0.717) is 12.8 Å². The Morgan fingerprint density at radius 3 is 1.55 bits per heavy atom. The van der Waals surface area contributed by atoms with E-state index in [-0.39, 0.29) is 19.4 Å². The van der Waals surface area contributed by atoms with E-state index < -0.39 is 71.2 Å². The van der Waals surface area contributed by atoms with Gasteiger partial charge in [-0.3, -0.25) is 14.1 Å². The zero-order valence-corrected chi connectivity index (χ0v) is 38.8. The third kappa shape index (κ3) is 32.7. The molecule has 0 aromatic heterocycles. The minimum atomic E-state index is -4.62. The highest BCUT2D eigenvalue weighted by Gasteiger charge is 2.46. The minimum Gasteiger partial charge on any atom is -0.462 e. The highest BCUT2D eigenvalue weighted by atomic mass is 32.2. The molecule has 2 unspecified atom stereocenters. The molecule has 6 atom stereocenters. The van der Waals surface area contributed by atoms with Crippen LogP contribution in [0.25, 0.3) is 0 Å². The van der Waals surface area contributed by atoms with Gasteiger partial charge >= 0.3 is 11.9 Å². The molecule has 1 saturated heterocycles. The van der Waals surface area contributed by atoms with E-state index in [1.165, 1.54) is 77.0 Å². The Balaban J connectivity index is 2.50. The van der Waals surface area contributed by atoms with Crippen molar-refractivity contribution in [2.24, 2.45) is 0 Å². The van der Waals surface area contributed by atoms with Gasteiger partial charge in [-0.25, -0.2) is 0 Å². The molecule has 356 valence electrons. The molecule has 0 aliphatic carbocycles. The molecule has 0 aromatic carbocycles. The van der Waals surface area contributed by atoms with E-state index in [9.17, 15) is 37.9 Å². The number of ether oxygens (including phenoxy) is 4. The monoisotopic (exact) mass is 895 g/mol. The first-order valence-electron chi connectivity index (χ1n) is 23.5. The van der Waals surface area contributed by atoms with Gasteiger partial charge < -0.3 is 34.3 Å². The summed E-state index contributed by atoms with van der Waals surface area (Å²) in [6.45, 7) is 3.64. The van der Waals surface area contributed by atoms with Gasteiger partial charge in [0.1, 0.15) is 36.8 Å². The van der Waals surface area contributed by atoms with Crippen LogP contribution in [0.4, 0.5) is 0 Å². The maximum Gasteiger partial charge on any atom is 0.306 e. The molecular weight excluding hydrogens is 813 g/mol. The van der Waals surface area contributed by atoms with Crippen LogP contribution in [0.1, 0.15) is 168 Å². The molecule has 0 aromatic rings. The quantitative estimate of drug-likeness (QED) is 0.0199. The number of esters is 2. The third-order valence-corrected chi connectivity index (χ3v) is 11.0. The summed E-state index contributed by atoms with van der Waals surface area (Å²) in [6.07, 6.45) is 39.6. The standard InChI is InChI=1S/C49H82O12S/c1-3-5-7-9-11-13-15-17-19-20-21-22-24-25-27-29-31-33-35-37-44(50)58-39-42(40-59-49-48(54)47(53)46(52)43(61-49)41-62(55,56)57)60-45(51)38-36-34-32-30-28-26-23-18-16-14-12-10-8-6-4-2/h11,13,17,19,21-22,25,27-28,30-31,33,42-43,46-49,52-54H,3-10,12,14-16,18,20,23-24,26,29,32,34-41H2,1-2H3,(H,55,56,57)/b13-11+,19-17+,22-21+,27-25+,30-28+,33-31+/t42-,43-,46-,47?,48?,49+/m1/s1. The summed E-state index contributed by atoms with van der Waals surface area (Å²) in [5.74, 6) is -2.12. The molecule has 0 bridgehead atoms. The van der Waals surface area contributed by atoms with Crippen molar-refractivity contribution in [3.05, 3.63) is 72.9 Å². The molecule has 62 heavy (non-hydrogen) atoms. The lowest BCUT2D eigenvalue weighted by molar-refractivity contribution is -0.297. The number of aliphatic hydroxyl groups is 3. The van der Waals surface area contributed by atoms with Crippen LogP contribution >= 0.6 is 0 Å². The normalized spacial score (nSPS) is 20.5. The minimum absolute atomic E-state index is 0.0884. The summed E-state index contributed by atoms with van der Waals surface area (Å²) in [5.41, 5.74) is 0. The Labute approximate surface area is 374 Å². The molecule has 0 radical (unpaired) electrons. The molecule has 1 aliphatic heterocycles.